The van der Waals surface area contributed by atoms with Gasteiger partial charge in [-0.05, 0) is 49.9 Å². The fourth-order valence-corrected chi connectivity index (χ4v) is 4.89. The second-order valence-corrected chi connectivity index (χ2v) is 9.43. The van der Waals surface area contributed by atoms with Gasteiger partial charge in [-0.2, -0.15) is 13.2 Å². The van der Waals surface area contributed by atoms with Gasteiger partial charge < -0.3 is 10.2 Å². The van der Waals surface area contributed by atoms with Crippen LogP contribution in [0.15, 0.2) is 12.1 Å². The lowest BCUT2D eigenvalue weighted by atomic mass is 10.0. The molecule has 1 aromatic carbocycles. The van der Waals surface area contributed by atoms with Crippen LogP contribution in [0.25, 0.3) is 0 Å². The molecule has 2 aliphatic rings. The summed E-state index contributed by atoms with van der Waals surface area (Å²) in [6.45, 7) is 6.63. The van der Waals surface area contributed by atoms with Gasteiger partial charge in [0, 0.05) is 55.3 Å². The molecule has 1 aliphatic heterocycles. The highest BCUT2D eigenvalue weighted by Crippen LogP contribution is 2.30. The molecule has 1 aliphatic carbocycles. The van der Waals surface area contributed by atoms with E-state index in [9.17, 15) is 22.8 Å². The molecule has 3 rings (SSSR count). The van der Waals surface area contributed by atoms with Gasteiger partial charge in [-0.15, -0.1) is 0 Å². The molecule has 1 aromatic rings. The third-order valence-electron chi connectivity index (χ3n) is 6.48. The van der Waals surface area contributed by atoms with Gasteiger partial charge in [0.25, 0.3) is 0 Å². The van der Waals surface area contributed by atoms with E-state index in [-0.39, 0.29) is 17.9 Å². The highest BCUT2D eigenvalue weighted by Gasteiger charge is 2.33. The predicted octanol–water partition coefficient (Wildman–Crippen LogP) is 5.15. The molecule has 178 valence electrons. The average molecular weight is 474 g/mol. The first-order chi connectivity index (χ1) is 15.0. The predicted molar refractivity (Wildman–Crippen MR) is 119 cm³/mol. The molecule has 2 fully saturated rings. The van der Waals surface area contributed by atoms with Crippen molar-refractivity contribution in [3.63, 3.8) is 0 Å². The molecular formula is C23H31ClF3N3O2. The molecule has 0 aromatic heterocycles. The van der Waals surface area contributed by atoms with Crippen LogP contribution in [0.3, 0.4) is 0 Å². The van der Waals surface area contributed by atoms with Gasteiger partial charge in [-0.25, -0.2) is 0 Å². The molecule has 2 amide bonds. The number of nitrogens with one attached hydrogen (secondary N) is 1. The second kappa shape index (κ2) is 10.4. The van der Waals surface area contributed by atoms with E-state index in [4.69, 9.17) is 11.6 Å². The van der Waals surface area contributed by atoms with Gasteiger partial charge in [0.2, 0.25) is 11.8 Å². The number of halogens is 4. The van der Waals surface area contributed by atoms with E-state index in [0.29, 0.717) is 23.8 Å². The van der Waals surface area contributed by atoms with E-state index in [0.717, 1.165) is 49.9 Å². The van der Waals surface area contributed by atoms with E-state index in [1.165, 1.54) is 0 Å². The Morgan fingerprint density at radius 1 is 1.19 bits per heavy atom. The van der Waals surface area contributed by atoms with E-state index < -0.39 is 24.9 Å². The Morgan fingerprint density at radius 3 is 2.50 bits per heavy atom. The van der Waals surface area contributed by atoms with E-state index >= 15 is 0 Å². The minimum Gasteiger partial charge on any atom is -0.337 e. The SMILES string of the molecule is Cc1c(CN2CCN(C(=O)C3CCCC3)[C@@H](C)C2)cc(Cl)cc1NC(=O)CCC(F)(F)F. The van der Waals surface area contributed by atoms with Crippen molar-refractivity contribution in [3.05, 3.63) is 28.3 Å². The summed E-state index contributed by atoms with van der Waals surface area (Å²) in [6, 6.07) is 3.49. The molecule has 1 heterocycles. The first kappa shape index (κ1) is 24.8. The minimum absolute atomic E-state index is 0.109. The zero-order chi connectivity index (χ0) is 23.5. The smallest absolute Gasteiger partial charge is 0.337 e. The van der Waals surface area contributed by atoms with Crippen molar-refractivity contribution >= 4 is 29.1 Å². The first-order valence-corrected chi connectivity index (χ1v) is 11.6. The van der Waals surface area contributed by atoms with Crippen LogP contribution >= 0.6 is 11.6 Å². The number of carbonyl (C=O) groups excluding carboxylic acids is 2. The Balaban J connectivity index is 1.61. The number of nitrogens with zero attached hydrogens (tertiary/aromatic N) is 2. The summed E-state index contributed by atoms with van der Waals surface area (Å²) in [5.41, 5.74) is 2.13. The third-order valence-corrected chi connectivity index (χ3v) is 6.70. The van der Waals surface area contributed by atoms with Gasteiger partial charge in [-0.3, -0.25) is 14.5 Å². The maximum absolute atomic E-state index is 12.8. The number of anilines is 1. The van der Waals surface area contributed by atoms with Crippen molar-refractivity contribution in [3.8, 4) is 0 Å². The number of hydrogen-bond acceptors (Lipinski definition) is 3. The fourth-order valence-electron chi connectivity index (χ4n) is 4.65. The van der Waals surface area contributed by atoms with Crippen LogP contribution in [0.1, 0.15) is 56.6 Å². The third kappa shape index (κ3) is 6.61. The Kier molecular flexibility index (Phi) is 8.09. The summed E-state index contributed by atoms with van der Waals surface area (Å²) in [6.07, 6.45) is -1.91. The van der Waals surface area contributed by atoms with Crippen LogP contribution in [0.5, 0.6) is 0 Å². The molecular weight excluding hydrogens is 443 g/mol. The highest BCUT2D eigenvalue weighted by molar-refractivity contribution is 6.31. The molecule has 5 nitrogen and oxygen atoms in total. The molecule has 1 N–H and O–H groups in total. The number of alkyl halides is 3. The molecule has 0 bridgehead atoms. The van der Waals surface area contributed by atoms with E-state index in [1.54, 1.807) is 6.07 Å². The zero-order valence-electron chi connectivity index (χ0n) is 18.6. The van der Waals surface area contributed by atoms with Crippen LogP contribution < -0.4 is 5.32 Å². The lowest BCUT2D eigenvalue weighted by Crippen LogP contribution is -2.54. The van der Waals surface area contributed by atoms with Crippen molar-refractivity contribution in [2.75, 3.05) is 25.0 Å². The molecule has 0 radical (unpaired) electrons. The van der Waals surface area contributed by atoms with Crippen LogP contribution in [0.4, 0.5) is 18.9 Å². The first-order valence-electron chi connectivity index (χ1n) is 11.2. The summed E-state index contributed by atoms with van der Waals surface area (Å²) in [7, 11) is 0. The van der Waals surface area contributed by atoms with Crippen molar-refractivity contribution < 1.29 is 22.8 Å². The normalized spacial score (nSPS) is 20.6. The highest BCUT2D eigenvalue weighted by atomic mass is 35.5. The standard InChI is InChI=1S/C23H31ClF3N3O2/c1-15-13-29(9-10-30(15)22(32)17-5-3-4-6-17)14-18-11-19(24)12-20(16(18)2)28-21(31)7-8-23(25,26)27/h11-12,15,17H,3-10,13-14H2,1-2H3,(H,28,31)/t15-/m0/s1. The number of hydrogen-bond donors (Lipinski definition) is 1. The van der Waals surface area contributed by atoms with Gasteiger partial charge in [0.05, 0.1) is 6.42 Å². The summed E-state index contributed by atoms with van der Waals surface area (Å²) in [4.78, 5) is 29.0. The monoisotopic (exact) mass is 473 g/mol. The lowest BCUT2D eigenvalue weighted by Gasteiger charge is -2.41. The number of carbonyl (C=O) groups is 2. The quantitative estimate of drug-likeness (QED) is 0.621. The lowest BCUT2D eigenvalue weighted by molar-refractivity contribution is -0.142. The van der Waals surface area contributed by atoms with Gasteiger partial charge >= 0.3 is 6.18 Å². The number of amides is 2. The van der Waals surface area contributed by atoms with Crippen molar-refractivity contribution in [1.29, 1.82) is 0 Å². The maximum atomic E-state index is 12.8. The number of rotatable bonds is 6. The number of benzene rings is 1. The fraction of sp³-hybridized carbons (Fsp3) is 0.652. The topological polar surface area (TPSA) is 52.6 Å². The molecule has 0 unspecified atom stereocenters. The molecule has 32 heavy (non-hydrogen) atoms. The Bertz CT molecular complexity index is 841. The van der Waals surface area contributed by atoms with Crippen LogP contribution in [-0.2, 0) is 16.1 Å². The Hall–Kier alpha value is -1.80. The van der Waals surface area contributed by atoms with E-state index in [1.807, 2.05) is 17.9 Å². The summed E-state index contributed by atoms with van der Waals surface area (Å²) >= 11 is 6.24. The van der Waals surface area contributed by atoms with Crippen LogP contribution in [-0.4, -0.2) is 53.5 Å². The summed E-state index contributed by atoms with van der Waals surface area (Å²) in [5, 5.41) is 2.98. The summed E-state index contributed by atoms with van der Waals surface area (Å²) < 4.78 is 37.2. The molecule has 9 heteroatoms. The molecule has 1 saturated carbocycles. The van der Waals surface area contributed by atoms with Crippen LogP contribution in [0, 0.1) is 12.8 Å². The van der Waals surface area contributed by atoms with Gasteiger partial charge in [-0.1, -0.05) is 24.4 Å². The van der Waals surface area contributed by atoms with E-state index in [2.05, 4.69) is 17.1 Å². The Morgan fingerprint density at radius 2 is 1.88 bits per heavy atom. The average Bonchev–Trinajstić information content (AvgIpc) is 3.24. The maximum Gasteiger partial charge on any atom is 0.389 e. The zero-order valence-corrected chi connectivity index (χ0v) is 19.4. The molecule has 0 spiro atoms. The van der Waals surface area contributed by atoms with Crippen LogP contribution in [0.2, 0.25) is 5.02 Å². The second-order valence-electron chi connectivity index (χ2n) is 9.00. The minimum atomic E-state index is -4.37. The summed E-state index contributed by atoms with van der Waals surface area (Å²) in [5.74, 6) is -0.244. The number of piperazine rings is 1. The van der Waals surface area contributed by atoms with Crippen molar-refractivity contribution in [2.24, 2.45) is 5.92 Å². The van der Waals surface area contributed by atoms with Crippen molar-refractivity contribution in [1.82, 2.24) is 9.80 Å². The van der Waals surface area contributed by atoms with Gasteiger partial charge in [0.1, 0.15) is 0 Å². The van der Waals surface area contributed by atoms with Crippen molar-refractivity contribution in [2.45, 2.75) is 71.1 Å². The Labute approximate surface area is 192 Å². The molecule has 1 saturated heterocycles. The molecule has 1 atom stereocenters. The largest absolute Gasteiger partial charge is 0.389 e. The van der Waals surface area contributed by atoms with Gasteiger partial charge in [0.15, 0.2) is 0 Å².